The Morgan fingerprint density at radius 3 is 2.77 bits per heavy atom. The number of nitrogen functional groups attached to an aromatic ring is 1. The molecule has 2 atom stereocenters. The van der Waals surface area contributed by atoms with Crippen LogP contribution in [0.2, 0.25) is 0 Å². The fraction of sp³-hybridized carbons (Fsp3) is 0.500. The zero-order valence-electron chi connectivity index (χ0n) is 12.9. The summed E-state index contributed by atoms with van der Waals surface area (Å²) < 4.78 is 0. The SMILES string of the molecule is CC1CC(C(=O)O)CCN1c1ccc(N)c2c1CN(C)C2=O. The second-order valence-electron chi connectivity index (χ2n) is 6.29. The van der Waals surface area contributed by atoms with Crippen LogP contribution < -0.4 is 10.6 Å². The average Bonchev–Trinajstić information content (AvgIpc) is 2.76. The minimum Gasteiger partial charge on any atom is -0.481 e. The summed E-state index contributed by atoms with van der Waals surface area (Å²) in [6.07, 6.45) is 1.25. The summed E-state index contributed by atoms with van der Waals surface area (Å²) in [4.78, 5) is 27.3. The van der Waals surface area contributed by atoms with Crippen molar-refractivity contribution in [1.29, 1.82) is 0 Å². The predicted molar refractivity (Wildman–Crippen MR) is 83.8 cm³/mol. The van der Waals surface area contributed by atoms with Gasteiger partial charge in [-0.2, -0.15) is 0 Å². The summed E-state index contributed by atoms with van der Waals surface area (Å²) >= 11 is 0. The molecular formula is C16H21N3O3. The molecule has 118 valence electrons. The van der Waals surface area contributed by atoms with E-state index in [-0.39, 0.29) is 17.9 Å². The van der Waals surface area contributed by atoms with Crippen LogP contribution >= 0.6 is 0 Å². The molecule has 1 amide bonds. The van der Waals surface area contributed by atoms with Gasteiger partial charge >= 0.3 is 5.97 Å². The summed E-state index contributed by atoms with van der Waals surface area (Å²) in [7, 11) is 1.77. The molecule has 22 heavy (non-hydrogen) atoms. The number of carbonyl (C=O) groups excluding carboxylic acids is 1. The van der Waals surface area contributed by atoms with Crippen molar-refractivity contribution >= 4 is 23.3 Å². The lowest BCUT2D eigenvalue weighted by molar-refractivity contribution is -0.142. The smallest absolute Gasteiger partial charge is 0.306 e. The summed E-state index contributed by atoms with van der Waals surface area (Å²) in [6.45, 7) is 3.28. The molecule has 3 rings (SSSR count). The number of hydrogen-bond acceptors (Lipinski definition) is 4. The molecule has 1 aromatic carbocycles. The van der Waals surface area contributed by atoms with Crippen molar-refractivity contribution in [3.8, 4) is 0 Å². The predicted octanol–water partition coefficient (Wildman–Crippen LogP) is 1.54. The van der Waals surface area contributed by atoms with Crippen LogP contribution in [0.1, 0.15) is 35.7 Å². The standard InChI is InChI=1S/C16H21N3O3/c1-9-7-10(16(21)22)5-6-19(9)13-4-3-12(17)14-11(13)8-18(2)15(14)20/h3-4,9-10H,5-8,17H2,1-2H3,(H,21,22). The highest BCUT2D eigenvalue weighted by atomic mass is 16.4. The van der Waals surface area contributed by atoms with E-state index in [9.17, 15) is 14.7 Å². The zero-order chi connectivity index (χ0) is 16.0. The molecular weight excluding hydrogens is 282 g/mol. The van der Waals surface area contributed by atoms with Crippen LogP contribution in [0.3, 0.4) is 0 Å². The number of rotatable bonds is 2. The van der Waals surface area contributed by atoms with Gasteiger partial charge in [-0.25, -0.2) is 0 Å². The number of carboxylic acids is 1. The van der Waals surface area contributed by atoms with Gasteiger partial charge in [-0.15, -0.1) is 0 Å². The first kappa shape index (κ1) is 14.7. The number of hydrogen-bond donors (Lipinski definition) is 2. The van der Waals surface area contributed by atoms with E-state index in [0.29, 0.717) is 37.2 Å². The number of amides is 1. The van der Waals surface area contributed by atoms with Gasteiger partial charge in [-0.3, -0.25) is 9.59 Å². The Kier molecular flexibility index (Phi) is 3.47. The Labute approximate surface area is 129 Å². The van der Waals surface area contributed by atoms with E-state index in [1.54, 1.807) is 18.0 Å². The summed E-state index contributed by atoms with van der Waals surface area (Å²) in [5.41, 5.74) is 9.07. The number of aliphatic carboxylic acids is 1. The fourth-order valence-corrected chi connectivity index (χ4v) is 3.59. The van der Waals surface area contributed by atoms with E-state index in [2.05, 4.69) is 4.90 Å². The molecule has 1 fully saturated rings. The molecule has 6 heteroatoms. The van der Waals surface area contributed by atoms with Crippen molar-refractivity contribution in [3.05, 3.63) is 23.3 Å². The minimum atomic E-state index is -0.719. The number of nitrogens with zero attached hydrogens (tertiary/aromatic N) is 2. The maximum absolute atomic E-state index is 12.2. The molecule has 2 aliphatic heterocycles. The van der Waals surface area contributed by atoms with Gasteiger partial charge < -0.3 is 20.6 Å². The molecule has 3 N–H and O–H groups in total. The summed E-state index contributed by atoms with van der Waals surface area (Å²) in [5, 5.41) is 9.19. The first-order valence-corrected chi connectivity index (χ1v) is 7.56. The lowest BCUT2D eigenvalue weighted by Gasteiger charge is -2.39. The van der Waals surface area contributed by atoms with Crippen LogP contribution in [-0.4, -0.2) is 41.5 Å². The first-order valence-electron chi connectivity index (χ1n) is 7.56. The lowest BCUT2D eigenvalue weighted by atomic mass is 9.90. The van der Waals surface area contributed by atoms with Crippen molar-refractivity contribution in [2.45, 2.75) is 32.4 Å². The maximum atomic E-state index is 12.2. The van der Waals surface area contributed by atoms with Crippen LogP contribution in [0.25, 0.3) is 0 Å². The second-order valence-corrected chi connectivity index (χ2v) is 6.29. The third-order valence-corrected chi connectivity index (χ3v) is 4.81. The maximum Gasteiger partial charge on any atom is 0.306 e. The topological polar surface area (TPSA) is 86.9 Å². The molecule has 1 aromatic rings. The first-order chi connectivity index (χ1) is 10.4. The van der Waals surface area contributed by atoms with E-state index in [0.717, 1.165) is 11.3 Å². The molecule has 0 aromatic heterocycles. The van der Waals surface area contributed by atoms with Gasteiger partial charge in [0.25, 0.3) is 5.91 Å². The molecule has 0 aliphatic carbocycles. The number of carboxylic acid groups (broad SMARTS) is 1. The van der Waals surface area contributed by atoms with E-state index < -0.39 is 5.97 Å². The third-order valence-electron chi connectivity index (χ3n) is 4.81. The van der Waals surface area contributed by atoms with E-state index in [1.165, 1.54) is 0 Å². The number of anilines is 2. The molecule has 1 saturated heterocycles. The van der Waals surface area contributed by atoms with E-state index in [1.807, 2.05) is 13.0 Å². The molecule has 0 saturated carbocycles. The monoisotopic (exact) mass is 303 g/mol. The Morgan fingerprint density at radius 2 is 2.14 bits per heavy atom. The fourth-order valence-electron chi connectivity index (χ4n) is 3.59. The number of benzene rings is 1. The van der Waals surface area contributed by atoms with Crippen LogP contribution in [0.4, 0.5) is 11.4 Å². The van der Waals surface area contributed by atoms with Gasteiger partial charge in [0, 0.05) is 43.1 Å². The quantitative estimate of drug-likeness (QED) is 0.809. The Bertz CT molecular complexity index is 644. The normalized spacial score (nSPS) is 24.5. The van der Waals surface area contributed by atoms with E-state index in [4.69, 9.17) is 5.73 Å². The molecule has 2 unspecified atom stereocenters. The summed E-state index contributed by atoms with van der Waals surface area (Å²) in [6, 6.07) is 3.86. The van der Waals surface area contributed by atoms with Gasteiger partial charge in [0.1, 0.15) is 0 Å². The van der Waals surface area contributed by atoms with Gasteiger partial charge in [0.15, 0.2) is 0 Å². The average molecular weight is 303 g/mol. The Morgan fingerprint density at radius 1 is 1.41 bits per heavy atom. The number of fused-ring (bicyclic) bond motifs is 1. The van der Waals surface area contributed by atoms with Crippen molar-refractivity contribution in [1.82, 2.24) is 4.90 Å². The van der Waals surface area contributed by atoms with Crippen LogP contribution in [-0.2, 0) is 11.3 Å². The Balaban J connectivity index is 1.95. The number of nitrogens with two attached hydrogens (primary N) is 1. The molecule has 6 nitrogen and oxygen atoms in total. The van der Waals surface area contributed by atoms with Gasteiger partial charge in [-0.05, 0) is 31.9 Å². The number of carbonyl (C=O) groups is 2. The number of piperidine rings is 1. The van der Waals surface area contributed by atoms with Crippen LogP contribution in [0, 0.1) is 5.92 Å². The minimum absolute atomic E-state index is 0.0394. The molecule has 2 aliphatic rings. The van der Waals surface area contributed by atoms with Crippen molar-refractivity contribution < 1.29 is 14.7 Å². The lowest BCUT2D eigenvalue weighted by Crippen LogP contribution is -2.43. The van der Waals surface area contributed by atoms with Gasteiger partial charge in [0.05, 0.1) is 11.5 Å². The summed E-state index contributed by atoms with van der Waals surface area (Å²) in [5.74, 6) is -1.04. The van der Waals surface area contributed by atoms with Crippen LogP contribution in [0.5, 0.6) is 0 Å². The van der Waals surface area contributed by atoms with Gasteiger partial charge in [-0.1, -0.05) is 0 Å². The third kappa shape index (κ3) is 2.19. The highest BCUT2D eigenvalue weighted by Gasteiger charge is 2.35. The highest BCUT2D eigenvalue weighted by Crippen LogP contribution is 2.38. The van der Waals surface area contributed by atoms with Gasteiger partial charge in [0.2, 0.25) is 0 Å². The van der Waals surface area contributed by atoms with E-state index >= 15 is 0 Å². The van der Waals surface area contributed by atoms with Crippen molar-refractivity contribution in [2.75, 3.05) is 24.2 Å². The molecule has 0 radical (unpaired) electrons. The zero-order valence-corrected chi connectivity index (χ0v) is 12.9. The molecule has 0 spiro atoms. The van der Waals surface area contributed by atoms with Crippen molar-refractivity contribution in [3.63, 3.8) is 0 Å². The molecule has 0 bridgehead atoms. The van der Waals surface area contributed by atoms with Crippen LogP contribution in [0.15, 0.2) is 12.1 Å². The largest absolute Gasteiger partial charge is 0.481 e. The van der Waals surface area contributed by atoms with Crippen molar-refractivity contribution in [2.24, 2.45) is 5.92 Å². The second kappa shape index (κ2) is 5.19. The Hall–Kier alpha value is -2.24. The highest BCUT2D eigenvalue weighted by molar-refractivity contribution is 6.04. The molecule has 2 heterocycles.